The van der Waals surface area contributed by atoms with Crippen LogP contribution in [-0.2, 0) is 9.47 Å². The first-order chi connectivity index (χ1) is 10.0. The molecule has 21 heavy (non-hydrogen) atoms. The van der Waals surface area contributed by atoms with Gasteiger partial charge in [0.05, 0.1) is 30.5 Å². The average molecular weight is 309 g/mol. The Kier molecular flexibility index (Phi) is 4.28. The van der Waals surface area contributed by atoms with Crippen LogP contribution in [0.2, 0.25) is 5.02 Å². The summed E-state index contributed by atoms with van der Waals surface area (Å²) in [4.78, 5) is 31.0. The van der Waals surface area contributed by atoms with Crippen LogP contribution in [-0.4, -0.2) is 36.1 Å². The van der Waals surface area contributed by atoms with Crippen molar-refractivity contribution in [2.75, 3.05) is 14.2 Å². The summed E-state index contributed by atoms with van der Waals surface area (Å²) in [5, 5.41) is 0.348. The Balaban J connectivity index is 2.76. The van der Waals surface area contributed by atoms with Gasteiger partial charge in [0, 0.05) is 11.9 Å². The number of carbonyl (C=O) groups is 2. The predicted octanol–water partition coefficient (Wildman–Crippen LogP) is 2.61. The first-order valence-electron chi connectivity index (χ1n) is 6.01. The van der Waals surface area contributed by atoms with Crippen LogP contribution in [0.5, 0.6) is 0 Å². The van der Waals surface area contributed by atoms with Crippen molar-refractivity contribution >= 4 is 23.5 Å². The van der Waals surface area contributed by atoms with Crippen molar-refractivity contribution in [1.29, 1.82) is 0 Å². The molecule has 0 aliphatic carbocycles. The fourth-order valence-corrected chi connectivity index (χ4v) is 2.25. The Morgan fingerprint density at radius 1 is 1.19 bits per heavy atom. The molecule has 0 fully saturated rings. The number of aromatic amines is 1. The third-order valence-corrected chi connectivity index (χ3v) is 3.27. The van der Waals surface area contributed by atoms with Crippen LogP contribution < -0.4 is 0 Å². The Hall–Kier alpha value is -2.34. The van der Waals surface area contributed by atoms with Crippen molar-refractivity contribution in [2.45, 2.75) is 6.92 Å². The van der Waals surface area contributed by atoms with Gasteiger partial charge < -0.3 is 14.5 Å². The molecule has 1 N–H and O–H groups in total. The summed E-state index contributed by atoms with van der Waals surface area (Å²) >= 11 is 6.10. The number of aromatic nitrogens is 2. The number of methoxy groups -OCH3 is 2. The van der Waals surface area contributed by atoms with Crippen molar-refractivity contribution in [1.82, 2.24) is 9.97 Å². The Morgan fingerprint density at radius 2 is 1.81 bits per heavy atom. The molecular formula is C14H13ClN2O4. The highest BCUT2D eigenvalue weighted by molar-refractivity contribution is 6.33. The van der Waals surface area contributed by atoms with Gasteiger partial charge in [-0.1, -0.05) is 11.6 Å². The van der Waals surface area contributed by atoms with Crippen LogP contribution in [0, 0.1) is 6.92 Å². The molecule has 2 aromatic rings. The van der Waals surface area contributed by atoms with E-state index in [9.17, 15) is 9.59 Å². The van der Waals surface area contributed by atoms with Gasteiger partial charge in [0.2, 0.25) is 0 Å². The van der Waals surface area contributed by atoms with Gasteiger partial charge in [-0.05, 0) is 19.1 Å². The second-order valence-corrected chi connectivity index (χ2v) is 4.60. The van der Waals surface area contributed by atoms with E-state index in [4.69, 9.17) is 21.1 Å². The van der Waals surface area contributed by atoms with Crippen LogP contribution in [0.15, 0.2) is 18.3 Å². The third kappa shape index (κ3) is 2.62. The zero-order chi connectivity index (χ0) is 15.6. The van der Waals surface area contributed by atoms with Crippen LogP contribution in [0.25, 0.3) is 11.4 Å². The molecule has 0 amide bonds. The van der Waals surface area contributed by atoms with E-state index in [2.05, 4.69) is 9.97 Å². The van der Waals surface area contributed by atoms with Gasteiger partial charge in [-0.25, -0.2) is 9.59 Å². The molecule has 2 heterocycles. The van der Waals surface area contributed by atoms with Crippen LogP contribution in [0.3, 0.4) is 0 Å². The normalized spacial score (nSPS) is 10.3. The molecule has 0 spiro atoms. The lowest BCUT2D eigenvalue weighted by molar-refractivity contribution is 0.0556. The Labute approximate surface area is 126 Å². The summed E-state index contributed by atoms with van der Waals surface area (Å²) in [7, 11) is 2.47. The average Bonchev–Trinajstić information content (AvgIpc) is 2.83. The fraction of sp³-hybridized carbons (Fsp3) is 0.214. The van der Waals surface area contributed by atoms with Crippen molar-refractivity contribution in [3.8, 4) is 11.4 Å². The van der Waals surface area contributed by atoms with Gasteiger partial charge >= 0.3 is 11.9 Å². The van der Waals surface area contributed by atoms with E-state index in [1.807, 2.05) is 0 Å². The van der Waals surface area contributed by atoms with E-state index in [1.165, 1.54) is 20.4 Å². The van der Waals surface area contributed by atoms with E-state index in [1.54, 1.807) is 19.1 Å². The largest absolute Gasteiger partial charge is 0.465 e. The number of ether oxygens (including phenoxy) is 2. The van der Waals surface area contributed by atoms with Gasteiger partial charge in [0.25, 0.3) is 0 Å². The molecule has 7 heteroatoms. The molecule has 0 aromatic carbocycles. The van der Waals surface area contributed by atoms with Crippen LogP contribution in [0.1, 0.15) is 26.4 Å². The first-order valence-corrected chi connectivity index (χ1v) is 6.39. The number of pyridine rings is 1. The number of nitrogens with one attached hydrogen (secondary N) is 1. The number of nitrogens with zero attached hydrogens (tertiary/aromatic N) is 1. The number of hydrogen-bond donors (Lipinski definition) is 1. The monoisotopic (exact) mass is 308 g/mol. The smallest absolute Gasteiger partial charge is 0.341 e. The molecule has 0 radical (unpaired) electrons. The summed E-state index contributed by atoms with van der Waals surface area (Å²) in [5.74, 6) is -1.31. The van der Waals surface area contributed by atoms with E-state index in [0.717, 1.165) is 0 Å². The lowest BCUT2D eigenvalue weighted by Crippen LogP contribution is -2.11. The standard InChI is InChI=1S/C14H13ClN2O4/c1-7-9(13(18)20-2)10(14(19)21-3)12(17-7)11-8(15)5-4-6-16-11/h4-6,17H,1-3H3. The number of hydrogen-bond acceptors (Lipinski definition) is 5. The molecular weight excluding hydrogens is 296 g/mol. The lowest BCUT2D eigenvalue weighted by Gasteiger charge is -2.05. The highest BCUT2D eigenvalue weighted by Gasteiger charge is 2.29. The highest BCUT2D eigenvalue weighted by atomic mass is 35.5. The molecule has 2 rings (SSSR count). The third-order valence-electron chi connectivity index (χ3n) is 2.96. The number of halogens is 1. The molecule has 0 saturated heterocycles. The molecule has 110 valence electrons. The molecule has 0 saturated carbocycles. The number of H-pyrrole nitrogens is 1. The highest BCUT2D eigenvalue weighted by Crippen LogP contribution is 2.32. The second-order valence-electron chi connectivity index (χ2n) is 4.19. The lowest BCUT2D eigenvalue weighted by atomic mass is 10.1. The van der Waals surface area contributed by atoms with Crippen LogP contribution >= 0.6 is 11.6 Å². The van der Waals surface area contributed by atoms with Gasteiger partial charge in [-0.15, -0.1) is 0 Å². The molecule has 0 atom stereocenters. The molecule has 0 aliphatic rings. The Bertz CT molecular complexity index is 709. The molecule has 0 aliphatic heterocycles. The minimum absolute atomic E-state index is 0.0578. The number of aryl methyl sites for hydroxylation is 1. The van der Waals surface area contributed by atoms with Crippen molar-refractivity contribution < 1.29 is 19.1 Å². The molecule has 6 nitrogen and oxygen atoms in total. The minimum Gasteiger partial charge on any atom is -0.465 e. The number of esters is 2. The zero-order valence-corrected chi connectivity index (χ0v) is 12.4. The number of carbonyl (C=O) groups excluding carboxylic acids is 2. The molecule has 0 unspecified atom stereocenters. The van der Waals surface area contributed by atoms with Crippen molar-refractivity contribution in [3.63, 3.8) is 0 Å². The molecule has 0 bridgehead atoms. The summed E-state index contributed by atoms with van der Waals surface area (Å²) in [5.41, 5.74) is 1.32. The van der Waals surface area contributed by atoms with E-state index in [-0.39, 0.29) is 11.1 Å². The van der Waals surface area contributed by atoms with Gasteiger partial charge in [0.15, 0.2) is 0 Å². The van der Waals surface area contributed by atoms with E-state index in [0.29, 0.717) is 22.1 Å². The summed E-state index contributed by atoms with van der Waals surface area (Å²) in [6.07, 6.45) is 1.54. The quantitative estimate of drug-likeness (QED) is 0.881. The predicted molar refractivity (Wildman–Crippen MR) is 76.4 cm³/mol. The van der Waals surface area contributed by atoms with E-state index >= 15 is 0 Å². The molecule has 2 aromatic heterocycles. The Morgan fingerprint density at radius 3 is 2.38 bits per heavy atom. The van der Waals surface area contributed by atoms with Crippen molar-refractivity contribution in [3.05, 3.63) is 40.2 Å². The van der Waals surface area contributed by atoms with Gasteiger partial charge in [-0.2, -0.15) is 0 Å². The number of rotatable bonds is 3. The van der Waals surface area contributed by atoms with Gasteiger partial charge in [0.1, 0.15) is 11.3 Å². The maximum atomic E-state index is 12.1. The maximum absolute atomic E-state index is 12.1. The summed E-state index contributed by atoms with van der Waals surface area (Å²) < 4.78 is 9.46. The fourth-order valence-electron chi connectivity index (χ4n) is 2.04. The summed E-state index contributed by atoms with van der Waals surface area (Å²) in [6, 6.07) is 3.31. The minimum atomic E-state index is -0.670. The second kappa shape index (κ2) is 5.97. The van der Waals surface area contributed by atoms with E-state index < -0.39 is 11.9 Å². The summed E-state index contributed by atoms with van der Waals surface area (Å²) in [6.45, 7) is 1.65. The first kappa shape index (κ1) is 15.1. The van der Waals surface area contributed by atoms with Crippen molar-refractivity contribution in [2.24, 2.45) is 0 Å². The van der Waals surface area contributed by atoms with Crippen LogP contribution in [0.4, 0.5) is 0 Å². The van der Waals surface area contributed by atoms with Gasteiger partial charge in [-0.3, -0.25) is 4.98 Å². The maximum Gasteiger partial charge on any atom is 0.341 e. The zero-order valence-electron chi connectivity index (χ0n) is 11.7. The SMILES string of the molecule is COC(=O)c1c(C)[nH]c(-c2ncccc2Cl)c1C(=O)OC. The topological polar surface area (TPSA) is 81.3 Å².